The Morgan fingerprint density at radius 1 is 1.39 bits per heavy atom. The second kappa shape index (κ2) is 6.29. The quantitative estimate of drug-likeness (QED) is 0.837. The van der Waals surface area contributed by atoms with E-state index in [0.29, 0.717) is 31.4 Å². The molecule has 0 unspecified atom stereocenters. The van der Waals surface area contributed by atoms with Crippen LogP contribution in [0, 0.1) is 17.3 Å². The lowest BCUT2D eigenvalue weighted by atomic mass is 9.82. The Morgan fingerprint density at radius 2 is 2.26 bits per heavy atom. The molecule has 0 N–H and O–H groups in total. The molecule has 0 spiro atoms. The molecule has 3 fully saturated rings. The van der Waals surface area contributed by atoms with Crippen LogP contribution in [0.3, 0.4) is 0 Å². The van der Waals surface area contributed by atoms with Gasteiger partial charge in [0.15, 0.2) is 5.76 Å². The highest BCUT2D eigenvalue weighted by Gasteiger charge is 2.52. The molecule has 0 bridgehead atoms. The van der Waals surface area contributed by atoms with Gasteiger partial charge in [0.1, 0.15) is 0 Å². The number of furan rings is 1. The fraction of sp³-hybridized carbons (Fsp3) is 0.722. The third-order valence-electron chi connectivity index (χ3n) is 5.76. The molecule has 0 aromatic carbocycles. The molecule has 3 heterocycles. The van der Waals surface area contributed by atoms with Gasteiger partial charge in [0.2, 0.25) is 0 Å². The van der Waals surface area contributed by atoms with Gasteiger partial charge in [-0.25, -0.2) is 0 Å². The van der Waals surface area contributed by atoms with E-state index in [9.17, 15) is 4.79 Å². The number of amides is 1. The largest absolute Gasteiger partial charge is 0.459 e. The minimum Gasteiger partial charge on any atom is -0.459 e. The Morgan fingerprint density at radius 3 is 3.04 bits per heavy atom. The van der Waals surface area contributed by atoms with Crippen molar-refractivity contribution in [3.63, 3.8) is 0 Å². The SMILES string of the molecule is O=C(c1ccco1)N1C[C@@H]2COC[C@]2(COCC2CCCC2)C1. The summed E-state index contributed by atoms with van der Waals surface area (Å²) in [6.07, 6.45) is 6.84. The molecule has 1 amide bonds. The van der Waals surface area contributed by atoms with Gasteiger partial charge in [-0.1, -0.05) is 12.8 Å². The van der Waals surface area contributed by atoms with E-state index in [-0.39, 0.29) is 11.3 Å². The standard InChI is InChI=1S/C18H25NO4/c20-17(16-6-3-7-23-16)19-8-15-10-22-13-18(15,11-19)12-21-9-14-4-1-2-5-14/h3,6-7,14-15H,1-2,4-5,8-13H2/t15-,18-/m1/s1. The summed E-state index contributed by atoms with van der Waals surface area (Å²) in [5, 5.41) is 0. The lowest BCUT2D eigenvalue weighted by molar-refractivity contribution is 0.0126. The Kier molecular flexibility index (Phi) is 4.16. The minimum absolute atomic E-state index is 0.0143. The minimum atomic E-state index is -0.0269. The topological polar surface area (TPSA) is 51.9 Å². The third-order valence-corrected chi connectivity index (χ3v) is 5.76. The van der Waals surface area contributed by atoms with Crippen LogP contribution in [0.25, 0.3) is 0 Å². The van der Waals surface area contributed by atoms with Crippen LogP contribution < -0.4 is 0 Å². The van der Waals surface area contributed by atoms with Crippen LogP contribution >= 0.6 is 0 Å². The molecule has 1 saturated carbocycles. The molecular formula is C18H25NO4. The predicted molar refractivity (Wildman–Crippen MR) is 84.1 cm³/mol. The lowest BCUT2D eigenvalue weighted by Gasteiger charge is -2.27. The normalized spacial score (nSPS) is 31.0. The van der Waals surface area contributed by atoms with Gasteiger partial charge in [-0.05, 0) is 30.9 Å². The van der Waals surface area contributed by atoms with Gasteiger partial charge in [0, 0.05) is 31.0 Å². The summed E-state index contributed by atoms with van der Waals surface area (Å²) in [5.41, 5.74) is -0.0269. The zero-order chi connectivity index (χ0) is 15.7. The Hall–Kier alpha value is -1.33. The summed E-state index contributed by atoms with van der Waals surface area (Å²) >= 11 is 0. The van der Waals surface area contributed by atoms with E-state index in [1.807, 2.05) is 4.90 Å². The first-order valence-corrected chi connectivity index (χ1v) is 8.75. The number of nitrogens with zero attached hydrogens (tertiary/aromatic N) is 1. The molecule has 2 saturated heterocycles. The van der Waals surface area contributed by atoms with Crippen molar-refractivity contribution in [3.05, 3.63) is 24.2 Å². The highest BCUT2D eigenvalue weighted by molar-refractivity contribution is 5.91. The monoisotopic (exact) mass is 319 g/mol. The first-order chi connectivity index (χ1) is 11.3. The molecule has 3 aliphatic rings. The molecule has 1 aromatic heterocycles. The van der Waals surface area contributed by atoms with Crippen molar-refractivity contribution in [3.8, 4) is 0 Å². The van der Waals surface area contributed by atoms with Crippen LogP contribution in [0.2, 0.25) is 0 Å². The Bertz CT molecular complexity index is 537. The molecule has 2 aliphatic heterocycles. The molecular weight excluding hydrogens is 294 g/mol. The zero-order valence-corrected chi connectivity index (χ0v) is 13.5. The van der Waals surface area contributed by atoms with Crippen LogP contribution in [0.4, 0.5) is 0 Å². The molecule has 1 aliphatic carbocycles. The van der Waals surface area contributed by atoms with Gasteiger partial charge < -0.3 is 18.8 Å². The fourth-order valence-electron chi connectivity index (χ4n) is 4.35. The molecule has 1 aromatic rings. The van der Waals surface area contributed by atoms with Crippen molar-refractivity contribution in [2.24, 2.45) is 17.3 Å². The van der Waals surface area contributed by atoms with Gasteiger partial charge >= 0.3 is 0 Å². The van der Waals surface area contributed by atoms with Gasteiger partial charge in [0.25, 0.3) is 5.91 Å². The summed E-state index contributed by atoms with van der Waals surface area (Å²) in [6.45, 7) is 4.45. The van der Waals surface area contributed by atoms with E-state index < -0.39 is 0 Å². The summed E-state index contributed by atoms with van der Waals surface area (Å²) < 4.78 is 17.1. The molecule has 2 atom stereocenters. The fourth-order valence-corrected chi connectivity index (χ4v) is 4.35. The number of fused-ring (bicyclic) bond motifs is 1. The second-order valence-electron chi connectivity index (χ2n) is 7.40. The van der Waals surface area contributed by atoms with E-state index in [1.54, 1.807) is 18.4 Å². The zero-order valence-electron chi connectivity index (χ0n) is 13.5. The van der Waals surface area contributed by atoms with Crippen molar-refractivity contribution in [2.75, 3.05) is 39.5 Å². The van der Waals surface area contributed by atoms with Gasteiger partial charge in [0.05, 0.1) is 26.1 Å². The van der Waals surface area contributed by atoms with E-state index in [0.717, 1.165) is 25.7 Å². The molecule has 5 heteroatoms. The predicted octanol–water partition coefficient (Wildman–Crippen LogP) is 2.58. The Labute approximate surface area is 136 Å². The van der Waals surface area contributed by atoms with E-state index in [1.165, 1.54) is 25.7 Å². The smallest absolute Gasteiger partial charge is 0.289 e. The highest BCUT2D eigenvalue weighted by atomic mass is 16.5. The maximum atomic E-state index is 12.5. The van der Waals surface area contributed by atoms with Crippen LogP contribution in [0.1, 0.15) is 36.2 Å². The molecule has 126 valence electrons. The summed E-state index contributed by atoms with van der Waals surface area (Å²) in [4.78, 5) is 14.4. The van der Waals surface area contributed by atoms with Crippen molar-refractivity contribution >= 4 is 5.91 Å². The molecule has 4 rings (SSSR count). The van der Waals surface area contributed by atoms with E-state index >= 15 is 0 Å². The van der Waals surface area contributed by atoms with Crippen molar-refractivity contribution in [2.45, 2.75) is 25.7 Å². The summed E-state index contributed by atoms with van der Waals surface area (Å²) in [7, 11) is 0. The Balaban J connectivity index is 1.37. The lowest BCUT2D eigenvalue weighted by Crippen LogP contribution is -2.37. The maximum Gasteiger partial charge on any atom is 0.289 e. The van der Waals surface area contributed by atoms with Crippen molar-refractivity contribution in [1.82, 2.24) is 4.90 Å². The second-order valence-corrected chi connectivity index (χ2v) is 7.40. The van der Waals surface area contributed by atoms with Crippen LogP contribution in [0.5, 0.6) is 0 Å². The summed E-state index contributed by atoms with van der Waals surface area (Å²) in [5.74, 6) is 1.52. The first kappa shape index (κ1) is 15.2. The van der Waals surface area contributed by atoms with Gasteiger partial charge in [-0.2, -0.15) is 0 Å². The van der Waals surface area contributed by atoms with E-state index in [2.05, 4.69) is 0 Å². The summed E-state index contributed by atoms with van der Waals surface area (Å²) in [6, 6.07) is 3.49. The third kappa shape index (κ3) is 2.92. The van der Waals surface area contributed by atoms with E-state index in [4.69, 9.17) is 13.9 Å². The number of hydrogen-bond donors (Lipinski definition) is 0. The molecule has 5 nitrogen and oxygen atoms in total. The maximum absolute atomic E-state index is 12.5. The van der Waals surface area contributed by atoms with Crippen molar-refractivity contribution in [1.29, 1.82) is 0 Å². The van der Waals surface area contributed by atoms with Crippen LogP contribution in [0.15, 0.2) is 22.8 Å². The van der Waals surface area contributed by atoms with Gasteiger partial charge in [-0.3, -0.25) is 4.79 Å². The molecule has 0 radical (unpaired) electrons. The number of hydrogen-bond acceptors (Lipinski definition) is 4. The van der Waals surface area contributed by atoms with Crippen LogP contribution in [-0.2, 0) is 9.47 Å². The number of carbonyl (C=O) groups excluding carboxylic acids is 1. The average molecular weight is 319 g/mol. The molecule has 23 heavy (non-hydrogen) atoms. The highest BCUT2D eigenvalue weighted by Crippen LogP contribution is 2.42. The van der Waals surface area contributed by atoms with Crippen molar-refractivity contribution < 1.29 is 18.7 Å². The van der Waals surface area contributed by atoms with Crippen LogP contribution in [-0.4, -0.2) is 50.3 Å². The number of ether oxygens (including phenoxy) is 2. The number of carbonyl (C=O) groups is 1. The number of rotatable bonds is 5. The van der Waals surface area contributed by atoms with Gasteiger partial charge in [-0.15, -0.1) is 0 Å². The first-order valence-electron chi connectivity index (χ1n) is 8.75. The number of likely N-dealkylation sites (tertiary alicyclic amines) is 1. The average Bonchev–Trinajstić information content (AvgIpc) is 3.31.